The first-order valence-electron chi connectivity index (χ1n) is 3.30. The van der Waals surface area contributed by atoms with E-state index in [-0.39, 0.29) is 0 Å². The lowest BCUT2D eigenvalue weighted by Gasteiger charge is -1.94. The Morgan fingerprint density at radius 3 is 3.12 bits per heavy atom. The van der Waals surface area contributed by atoms with Crippen LogP contribution in [-0.4, -0.2) is 0 Å². The Morgan fingerprint density at radius 1 is 1.12 bits per heavy atom. The summed E-state index contributed by atoms with van der Waals surface area (Å²) in [4.78, 5) is 0. The molecule has 1 radical (unpaired) electrons. The molecular weight excluding hydrogens is 96.1 g/mol. The van der Waals surface area contributed by atoms with Crippen LogP contribution in [0.15, 0.2) is 11.8 Å². The van der Waals surface area contributed by atoms with Crippen LogP contribution in [0.25, 0.3) is 0 Å². The van der Waals surface area contributed by atoms with Gasteiger partial charge in [-0.1, -0.05) is 6.42 Å². The highest BCUT2D eigenvalue weighted by Gasteiger charge is 1.87. The molecule has 0 heterocycles. The lowest BCUT2D eigenvalue weighted by Crippen LogP contribution is -1.76. The van der Waals surface area contributed by atoms with E-state index in [1.807, 2.05) is 0 Å². The Morgan fingerprint density at radius 2 is 2.12 bits per heavy atom. The summed E-state index contributed by atoms with van der Waals surface area (Å²) in [5, 5.41) is 0. The van der Waals surface area contributed by atoms with Crippen molar-refractivity contribution in [3.63, 3.8) is 0 Å². The number of allylic oxidation sites excluding steroid dienone is 1. The highest BCUT2D eigenvalue weighted by molar-refractivity contribution is 4.80. The van der Waals surface area contributed by atoms with Crippen LogP contribution in [0.3, 0.4) is 0 Å². The van der Waals surface area contributed by atoms with Crippen LogP contribution >= 0.6 is 0 Å². The number of hydrogen-bond acceptors (Lipinski definition) is 0. The first kappa shape index (κ1) is 5.65. The van der Waals surface area contributed by atoms with Crippen LogP contribution in [0, 0.1) is 6.08 Å². The molecule has 0 aromatic carbocycles. The molecule has 0 unspecified atom stereocenters. The van der Waals surface area contributed by atoms with Gasteiger partial charge in [-0.25, -0.2) is 0 Å². The highest BCUT2D eigenvalue weighted by Crippen LogP contribution is 2.05. The number of rotatable bonds is 0. The molecule has 0 nitrogen and oxygen atoms in total. The molecule has 0 fully saturated rings. The number of hydrogen-bond donors (Lipinski definition) is 0. The molecule has 0 aromatic rings. The maximum absolute atomic E-state index is 3.08. The van der Waals surface area contributed by atoms with Crippen LogP contribution < -0.4 is 0 Å². The van der Waals surface area contributed by atoms with Crippen molar-refractivity contribution in [2.75, 3.05) is 0 Å². The summed E-state index contributed by atoms with van der Waals surface area (Å²) in [6.45, 7) is 0. The molecule has 1 aliphatic rings. The van der Waals surface area contributed by atoms with Crippen LogP contribution in [0.5, 0.6) is 0 Å². The van der Waals surface area contributed by atoms with Gasteiger partial charge in [-0.2, -0.15) is 0 Å². The molecule has 0 N–H and O–H groups in total. The fourth-order valence-corrected chi connectivity index (χ4v) is 0.853. The molecule has 0 aromatic heterocycles. The molecule has 0 saturated carbocycles. The van der Waals surface area contributed by atoms with E-state index >= 15 is 0 Å². The second kappa shape index (κ2) is 3.51. The maximum Gasteiger partial charge on any atom is 0.00453 e. The van der Waals surface area contributed by atoms with Crippen LogP contribution in [0.4, 0.5) is 0 Å². The third kappa shape index (κ3) is 1.99. The third-order valence-electron chi connectivity index (χ3n) is 1.35. The van der Waals surface area contributed by atoms with Gasteiger partial charge < -0.3 is 0 Å². The second-order valence-corrected chi connectivity index (χ2v) is 2.12. The minimum atomic E-state index is 1.11. The van der Waals surface area contributed by atoms with Crippen molar-refractivity contribution in [1.29, 1.82) is 0 Å². The normalized spacial score (nSPS) is 20.0. The molecule has 0 saturated heterocycles. The van der Waals surface area contributed by atoms with Crippen molar-refractivity contribution in [3.05, 3.63) is 17.9 Å². The molecule has 1 aliphatic carbocycles. The van der Waals surface area contributed by atoms with Gasteiger partial charge in [0.05, 0.1) is 0 Å². The Balaban J connectivity index is 2.36. The van der Waals surface area contributed by atoms with E-state index in [1.54, 1.807) is 0 Å². The van der Waals surface area contributed by atoms with Crippen molar-refractivity contribution in [3.8, 4) is 0 Å². The molecule has 0 bridgehead atoms. The Bertz CT molecular complexity index is 95.2. The summed E-state index contributed by atoms with van der Waals surface area (Å²) < 4.78 is 0. The van der Waals surface area contributed by atoms with Crippen LogP contribution in [0.1, 0.15) is 32.1 Å². The van der Waals surface area contributed by atoms with Crippen LogP contribution in [0.2, 0.25) is 0 Å². The van der Waals surface area contributed by atoms with Gasteiger partial charge in [-0.05, 0) is 31.8 Å². The molecule has 8 heavy (non-hydrogen) atoms. The van der Waals surface area contributed by atoms with Crippen molar-refractivity contribution < 1.29 is 0 Å². The van der Waals surface area contributed by atoms with Gasteiger partial charge in [-0.3, -0.25) is 0 Å². The molecular formula is C8H11. The van der Waals surface area contributed by atoms with Crippen molar-refractivity contribution in [2.45, 2.75) is 32.1 Å². The Kier molecular flexibility index (Phi) is 2.48. The van der Waals surface area contributed by atoms with Gasteiger partial charge in [0.1, 0.15) is 0 Å². The summed E-state index contributed by atoms with van der Waals surface area (Å²) >= 11 is 0. The largest absolute Gasteiger partial charge is 0.121 e. The SMILES string of the molecule is [C]1=C=CCCCCC1. The lowest BCUT2D eigenvalue weighted by molar-refractivity contribution is 0.685. The average Bonchev–Trinajstić information content (AvgIpc) is 1.62. The topological polar surface area (TPSA) is 0 Å². The standard InChI is InChI=1S/C8H11/c1-2-4-6-8-7-5-3-1/h1H,2,4,6-8H2. The van der Waals surface area contributed by atoms with Gasteiger partial charge >= 0.3 is 0 Å². The molecule has 0 aliphatic heterocycles. The van der Waals surface area contributed by atoms with Crippen molar-refractivity contribution in [1.82, 2.24) is 0 Å². The second-order valence-electron chi connectivity index (χ2n) is 2.12. The fourth-order valence-electron chi connectivity index (χ4n) is 0.853. The van der Waals surface area contributed by atoms with Gasteiger partial charge in [0.25, 0.3) is 0 Å². The monoisotopic (exact) mass is 107 g/mol. The zero-order chi connectivity index (χ0) is 5.66. The van der Waals surface area contributed by atoms with E-state index < -0.39 is 0 Å². The highest BCUT2D eigenvalue weighted by atomic mass is 13.9. The fraction of sp³-hybridized carbons (Fsp3) is 0.625. The molecule has 0 atom stereocenters. The van der Waals surface area contributed by atoms with E-state index in [9.17, 15) is 0 Å². The lowest BCUT2D eigenvalue weighted by atomic mass is 10.1. The van der Waals surface area contributed by atoms with E-state index in [2.05, 4.69) is 17.9 Å². The molecule has 0 heteroatoms. The van der Waals surface area contributed by atoms with Gasteiger partial charge in [-0.15, -0.1) is 5.73 Å². The Labute approximate surface area is 50.9 Å². The summed E-state index contributed by atoms with van der Waals surface area (Å²) in [5.41, 5.74) is 3.01. The van der Waals surface area contributed by atoms with Gasteiger partial charge in [0.2, 0.25) is 0 Å². The van der Waals surface area contributed by atoms with Crippen LogP contribution in [-0.2, 0) is 0 Å². The summed E-state index contributed by atoms with van der Waals surface area (Å²) in [6.07, 6.45) is 11.5. The Hall–Kier alpha value is -0.480. The molecule has 0 spiro atoms. The van der Waals surface area contributed by atoms with E-state index in [4.69, 9.17) is 0 Å². The maximum atomic E-state index is 3.08. The van der Waals surface area contributed by atoms with Crippen molar-refractivity contribution in [2.24, 2.45) is 0 Å². The quantitative estimate of drug-likeness (QED) is 0.417. The predicted molar refractivity (Wildman–Crippen MR) is 34.4 cm³/mol. The van der Waals surface area contributed by atoms with Gasteiger partial charge in [0.15, 0.2) is 0 Å². The minimum absolute atomic E-state index is 1.11. The summed E-state index contributed by atoms with van der Waals surface area (Å²) in [5.74, 6) is 0. The third-order valence-corrected chi connectivity index (χ3v) is 1.35. The zero-order valence-corrected chi connectivity index (χ0v) is 5.11. The molecule has 43 valence electrons. The predicted octanol–water partition coefficient (Wildman–Crippen LogP) is 2.46. The zero-order valence-electron chi connectivity index (χ0n) is 5.11. The first-order chi connectivity index (χ1) is 4.00. The molecule has 0 amide bonds. The van der Waals surface area contributed by atoms with Crippen molar-refractivity contribution >= 4 is 0 Å². The van der Waals surface area contributed by atoms with E-state index in [0.717, 1.165) is 6.42 Å². The molecule has 1 rings (SSSR count). The van der Waals surface area contributed by atoms with Gasteiger partial charge in [0, 0.05) is 6.08 Å². The smallest absolute Gasteiger partial charge is 0.00453 e. The summed E-state index contributed by atoms with van der Waals surface area (Å²) in [7, 11) is 0. The average molecular weight is 107 g/mol. The van der Waals surface area contributed by atoms with E-state index in [0.29, 0.717) is 0 Å². The van der Waals surface area contributed by atoms with E-state index in [1.165, 1.54) is 25.7 Å². The first-order valence-corrected chi connectivity index (χ1v) is 3.30. The minimum Gasteiger partial charge on any atom is -0.121 e. The summed E-state index contributed by atoms with van der Waals surface area (Å²) in [6, 6.07) is 0.